The van der Waals surface area contributed by atoms with E-state index in [0.717, 1.165) is 48.4 Å². The zero-order valence-electron chi connectivity index (χ0n) is 18.3. The van der Waals surface area contributed by atoms with E-state index in [1.165, 1.54) is 0 Å². The maximum atomic E-state index is 13.4. The summed E-state index contributed by atoms with van der Waals surface area (Å²) in [4.78, 5) is 41.2. The number of fused-ring (bicyclic) bond motifs is 1. The largest absolute Gasteiger partial charge is 0.339 e. The minimum Gasteiger partial charge on any atom is -0.339 e. The highest BCUT2D eigenvalue weighted by molar-refractivity contribution is 7.17. The average Bonchev–Trinajstić information content (AvgIpc) is 3.45. The van der Waals surface area contributed by atoms with Gasteiger partial charge in [0.25, 0.3) is 5.91 Å². The van der Waals surface area contributed by atoms with E-state index in [2.05, 4.69) is 37.8 Å². The molecule has 2 fully saturated rings. The highest BCUT2D eigenvalue weighted by atomic mass is 32.1. The first-order valence-electron chi connectivity index (χ1n) is 11.3. The quantitative estimate of drug-likeness (QED) is 0.609. The smallest absolute Gasteiger partial charge is 0.270 e. The lowest BCUT2D eigenvalue weighted by Crippen LogP contribution is -2.53. The standard InChI is InChI=1S/C23H28N6O2S/c1-2-29-18-6-14-32-20(18)15-19(29)22(31)28-9-3-5-17(16-28)21(30)26-10-12-27(13-11-26)23-24-7-4-8-25-23/h4,6-8,14-15,17H,2-3,5,9-13,16H2,1H3. The SMILES string of the molecule is CCn1c(C(=O)N2CCCC(C(=O)N3CCN(c4ncccn4)CC3)C2)cc2sccc21. The summed E-state index contributed by atoms with van der Waals surface area (Å²) in [5.41, 5.74) is 1.85. The van der Waals surface area contributed by atoms with Gasteiger partial charge in [-0.25, -0.2) is 9.97 Å². The number of aromatic nitrogens is 3. The minimum absolute atomic E-state index is 0.0406. The number of hydrogen-bond donors (Lipinski definition) is 0. The molecule has 5 rings (SSSR count). The molecule has 0 spiro atoms. The summed E-state index contributed by atoms with van der Waals surface area (Å²) in [6, 6.07) is 5.88. The van der Waals surface area contributed by atoms with E-state index < -0.39 is 0 Å². The molecular formula is C23H28N6O2S. The van der Waals surface area contributed by atoms with E-state index in [1.807, 2.05) is 15.9 Å². The molecule has 9 heteroatoms. The Morgan fingerprint density at radius 1 is 1.09 bits per heavy atom. The molecule has 0 saturated carbocycles. The third-order valence-electron chi connectivity index (χ3n) is 6.54. The second-order valence-corrected chi connectivity index (χ2v) is 9.34. The zero-order chi connectivity index (χ0) is 22.1. The minimum atomic E-state index is -0.126. The molecule has 3 aromatic heterocycles. The van der Waals surface area contributed by atoms with Crippen LogP contribution in [0.5, 0.6) is 0 Å². The monoisotopic (exact) mass is 452 g/mol. The molecule has 0 aliphatic carbocycles. The third kappa shape index (κ3) is 3.85. The fourth-order valence-corrected chi connectivity index (χ4v) is 5.68. The van der Waals surface area contributed by atoms with Crippen LogP contribution in [0, 0.1) is 5.92 Å². The first-order chi connectivity index (χ1) is 15.7. The molecule has 2 amide bonds. The Morgan fingerprint density at radius 3 is 2.62 bits per heavy atom. The molecule has 2 aliphatic heterocycles. The molecule has 8 nitrogen and oxygen atoms in total. The van der Waals surface area contributed by atoms with Crippen molar-refractivity contribution in [3.05, 3.63) is 41.7 Å². The number of thiophene rings is 1. The van der Waals surface area contributed by atoms with E-state index in [4.69, 9.17) is 0 Å². The molecule has 3 aromatic rings. The first kappa shape index (κ1) is 20.9. The number of likely N-dealkylation sites (tertiary alicyclic amines) is 1. The van der Waals surface area contributed by atoms with Crippen LogP contribution in [0.1, 0.15) is 30.3 Å². The number of nitrogens with zero attached hydrogens (tertiary/aromatic N) is 6. The number of hydrogen-bond acceptors (Lipinski definition) is 6. The second kappa shape index (κ2) is 8.90. The maximum absolute atomic E-state index is 13.4. The second-order valence-electron chi connectivity index (χ2n) is 8.40. The molecule has 0 radical (unpaired) electrons. The van der Waals surface area contributed by atoms with Gasteiger partial charge >= 0.3 is 0 Å². The average molecular weight is 453 g/mol. The molecule has 1 atom stereocenters. The summed E-state index contributed by atoms with van der Waals surface area (Å²) in [5.74, 6) is 0.799. The van der Waals surface area contributed by atoms with E-state index in [9.17, 15) is 9.59 Å². The van der Waals surface area contributed by atoms with E-state index in [1.54, 1.807) is 29.8 Å². The third-order valence-corrected chi connectivity index (χ3v) is 7.40. The maximum Gasteiger partial charge on any atom is 0.270 e. The highest BCUT2D eigenvalue weighted by Crippen LogP contribution is 2.28. The topological polar surface area (TPSA) is 74.6 Å². The van der Waals surface area contributed by atoms with Crippen LogP contribution in [0.4, 0.5) is 5.95 Å². The van der Waals surface area contributed by atoms with Gasteiger partial charge in [-0.15, -0.1) is 11.3 Å². The van der Waals surface area contributed by atoms with Crippen LogP contribution in [0.25, 0.3) is 10.2 Å². The number of amides is 2. The molecule has 2 saturated heterocycles. The summed E-state index contributed by atoms with van der Waals surface area (Å²) in [5, 5.41) is 2.06. The molecule has 2 aliphatic rings. The number of piperazine rings is 1. The van der Waals surface area contributed by atoms with Gasteiger partial charge in [0.1, 0.15) is 5.69 Å². The van der Waals surface area contributed by atoms with Crippen molar-refractivity contribution < 1.29 is 9.59 Å². The highest BCUT2D eigenvalue weighted by Gasteiger charge is 2.34. The molecule has 32 heavy (non-hydrogen) atoms. The Hall–Kier alpha value is -2.94. The Kier molecular flexibility index (Phi) is 5.82. The number of carbonyl (C=O) groups is 2. The number of anilines is 1. The van der Waals surface area contributed by atoms with E-state index >= 15 is 0 Å². The van der Waals surface area contributed by atoms with Crippen LogP contribution < -0.4 is 4.90 Å². The van der Waals surface area contributed by atoms with E-state index in [-0.39, 0.29) is 17.7 Å². The number of carbonyl (C=O) groups excluding carboxylic acids is 2. The Morgan fingerprint density at radius 2 is 1.88 bits per heavy atom. The molecule has 0 bridgehead atoms. The lowest BCUT2D eigenvalue weighted by atomic mass is 9.96. The van der Waals surface area contributed by atoms with Crippen molar-refractivity contribution in [1.82, 2.24) is 24.3 Å². The Bertz CT molecular complexity index is 1100. The van der Waals surface area contributed by atoms with Crippen molar-refractivity contribution in [3.8, 4) is 0 Å². The van der Waals surface area contributed by atoms with Crippen LogP contribution in [0.3, 0.4) is 0 Å². The summed E-state index contributed by atoms with van der Waals surface area (Å²) in [6.45, 7) is 6.82. The normalized spacial score (nSPS) is 19.5. The predicted octanol–water partition coefficient (Wildman–Crippen LogP) is 2.71. The molecule has 0 N–H and O–H groups in total. The van der Waals surface area contributed by atoms with Crippen LogP contribution in [0.15, 0.2) is 36.0 Å². The van der Waals surface area contributed by atoms with Gasteiger partial charge in [-0.3, -0.25) is 9.59 Å². The summed E-state index contributed by atoms with van der Waals surface area (Å²) in [6.07, 6.45) is 5.19. The van der Waals surface area contributed by atoms with Crippen LogP contribution in [0.2, 0.25) is 0 Å². The van der Waals surface area contributed by atoms with Crippen LogP contribution in [-0.2, 0) is 11.3 Å². The van der Waals surface area contributed by atoms with Crippen molar-refractivity contribution >= 4 is 39.3 Å². The van der Waals surface area contributed by atoms with Crippen molar-refractivity contribution in [2.75, 3.05) is 44.2 Å². The van der Waals surface area contributed by atoms with Crippen molar-refractivity contribution in [2.24, 2.45) is 5.92 Å². The fourth-order valence-electron chi connectivity index (χ4n) is 4.86. The van der Waals surface area contributed by atoms with Crippen molar-refractivity contribution in [2.45, 2.75) is 26.3 Å². The van der Waals surface area contributed by atoms with Gasteiger partial charge in [-0.05, 0) is 43.3 Å². The predicted molar refractivity (Wildman–Crippen MR) is 125 cm³/mol. The molecule has 168 valence electrons. The van der Waals surface area contributed by atoms with Crippen LogP contribution in [-0.4, -0.2) is 75.4 Å². The fraction of sp³-hybridized carbons (Fsp3) is 0.478. The van der Waals surface area contributed by atoms with Crippen molar-refractivity contribution in [3.63, 3.8) is 0 Å². The number of piperidine rings is 1. The summed E-state index contributed by atoms with van der Waals surface area (Å²) >= 11 is 1.66. The lowest BCUT2D eigenvalue weighted by molar-refractivity contribution is -0.137. The molecule has 0 aromatic carbocycles. The molecule has 1 unspecified atom stereocenters. The van der Waals surface area contributed by atoms with Gasteiger partial charge in [0.05, 0.1) is 16.1 Å². The van der Waals surface area contributed by atoms with Crippen LogP contribution >= 0.6 is 11.3 Å². The van der Waals surface area contributed by atoms with Crippen molar-refractivity contribution in [1.29, 1.82) is 0 Å². The Labute approximate surface area is 191 Å². The summed E-state index contributed by atoms with van der Waals surface area (Å²) in [7, 11) is 0. The van der Waals surface area contributed by atoms with Gasteiger partial charge in [-0.2, -0.15) is 0 Å². The first-order valence-corrected chi connectivity index (χ1v) is 12.2. The van der Waals surface area contributed by atoms with Gasteiger partial charge in [-0.1, -0.05) is 0 Å². The number of rotatable bonds is 4. The lowest BCUT2D eigenvalue weighted by Gasteiger charge is -2.39. The summed E-state index contributed by atoms with van der Waals surface area (Å²) < 4.78 is 3.23. The van der Waals surface area contributed by atoms with Gasteiger partial charge < -0.3 is 19.3 Å². The molecular weight excluding hydrogens is 424 g/mol. The zero-order valence-corrected chi connectivity index (χ0v) is 19.1. The molecule has 5 heterocycles. The number of aryl methyl sites for hydroxylation is 1. The Balaban J connectivity index is 1.23. The van der Waals surface area contributed by atoms with Gasteiger partial charge in [0, 0.05) is 58.2 Å². The van der Waals surface area contributed by atoms with Gasteiger partial charge in [0.15, 0.2) is 0 Å². The van der Waals surface area contributed by atoms with E-state index in [0.29, 0.717) is 32.1 Å². The van der Waals surface area contributed by atoms with Gasteiger partial charge in [0.2, 0.25) is 11.9 Å².